The van der Waals surface area contributed by atoms with E-state index in [1.165, 1.54) is 33.6 Å². The summed E-state index contributed by atoms with van der Waals surface area (Å²) in [6.45, 7) is 8.31. The van der Waals surface area contributed by atoms with Crippen molar-refractivity contribution in [2.24, 2.45) is 0 Å². The molecule has 9 heteroatoms. The van der Waals surface area contributed by atoms with E-state index in [2.05, 4.69) is 31.1 Å². The fourth-order valence-corrected chi connectivity index (χ4v) is 4.64. The van der Waals surface area contributed by atoms with Crippen LogP contribution in [0.3, 0.4) is 0 Å². The number of thioether (sulfide) groups is 1. The van der Waals surface area contributed by atoms with Crippen molar-refractivity contribution in [3.05, 3.63) is 75.3 Å². The molecule has 1 aromatic carbocycles. The first-order valence-corrected chi connectivity index (χ1v) is 12.2. The normalized spacial score (nSPS) is 11.8. The van der Waals surface area contributed by atoms with Gasteiger partial charge in [-0.05, 0) is 24.6 Å². The molecule has 0 radical (unpaired) electrons. The summed E-state index contributed by atoms with van der Waals surface area (Å²) in [5.41, 5.74) is 3.34. The number of benzene rings is 1. The Balaban J connectivity index is 1.47. The van der Waals surface area contributed by atoms with Crippen molar-refractivity contribution in [2.45, 2.75) is 38.9 Å². The Bertz CT molecular complexity index is 1330. The fourth-order valence-electron chi connectivity index (χ4n) is 3.18. The number of amides is 1. The van der Waals surface area contributed by atoms with Gasteiger partial charge in [0, 0.05) is 34.9 Å². The first-order valence-electron chi connectivity index (χ1n) is 10.2. The summed E-state index contributed by atoms with van der Waals surface area (Å²) in [4.78, 5) is 29.9. The minimum Gasteiger partial charge on any atom is -0.310 e. The molecule has 1 amide bonds. The number of aryl methyl sites for hydroxylation is 1. The SMILES string of the molecule is Cc1cccc(-n2nc(C(C)(C)C)cc2NC(=O)CSCc2cc(=O)n3ccsc3n2)c1. The van der Waals surface area contributed by atoms with Gasteiger partial charge in [0.05, 0.1) is 22.8 Å². The van der Waals surface area contributed by atoms with E-state index in [0.29, 0.717) is 22.2 Å². The number of hydrogen-bond acceptors (Lipinski definition) is 6. The minimum atomic E-state index is -0.149. The predicted molar refractivity (Wildman–Crippen MR) is 131 cm³/mol. The van der Waals surface area contributed by atoms with E-state index < -0.39 is 0 Å². The number of carbonyl (C=O) groups is 1. The van der Waals surface area contributed by atoms with Gasteiger partial charge >= 0.3 is 0 Å². The summed E-state index contributed by atoms with van der Waals surface area (Å²) in [5.74, 6) is 1.25. The number of anilines is 1. The lowest BCUT2D eigenvalue weighted by Gasteiger charge is -2.14. The lowest BCUT2D eigenvalue weighted by Crippen LogP contribution is -2.17. The summed E-state index contributed by atoms with van der Waals surface area (Å²) in [6.07, 6.45) is 1.71. The van der Waals surface area contributed by atoms with Crippen LogP contribution in [0.5, 0.6) is 0 Å². The molecular formula is C23H25N5O2S2. The number of nitrogens with one attached hydrogen (secondary N) is 1. The van der Waals surface area contributed by atoms with Crippen LogP contribution in [0.4, 0.5) is 5.82 Å². The number of nitrogens with zero attached hydrogens (tertiary/aromatic N) is 4. The smallest absolute Gasteiger partial charge is 0.258 e. The van der Waals surface area contributed by atoms with Gasteiger partial charge in [-0.1, -0.05) is 32.9 Å². The van der Waals surface area contributed by atoms with Crippen LogP contribution in [0.1, 0.15) is 37.7 Å². The van der Waals surface area contributed by atoms with Gasteiger partial charge in [0.1, 0.15) is 5.82 Å². The van der Waals surface area contributed by atoms with Crippen molar-refractivity contribution < 1.29 is 4.79 Å². The van der Waals surface area contributed by atoms with Gasteiger partial charge in [-0.2, -0.15) is 5.10 Å². The maximum Gasteiger partial charge on any atom is 0.258 e. The van der Waals surface area contributed by atoms with Crippen molar-refractivity contribution in [2.75, 3.05) is 11.1 Å². The van der Waals surface area contributed by atoms with Crippen LogP contribution in [0.25, 0.3) is 10.6 Å². The Morgan fingerprint density at radius 2 is 2.03 bits per heavy atom. The molecule has 0 bridgehead atoms. The van der Waals surface area contributed by atoms with Crippen LogP contribution < -0.4 is 10.9 Å². The van der Waals surface area contributed by atoms with Crippen LogP contribution in [0.2, 0.25) is 0 Å². The molecule has 7 nitrogen and oxygen atoms in total. The molecule has 0 aliphatic carbocycles. The molecule has 0 aliphatic heterocycles. The zero-order chi connectivity index (χ0) is 22.9. The molecule has 0 unspecified atom stereocenters. The fraction of sp³-hybridized carbons (Fsp3) is 0.304. The second-order valence-corrected chi connectivity index (χ2v) is 10.5. The zero-order valence-electron chi connectivity index (χ0n) is 18.5. The molecule has 4 rings (SSSR count). The second kappa shape index (κ2) is 8.91. The Morgan fingerprint density at radius 1 is 1.22 bits per heavy atom. The molecule has 0 saturated heterocycles. The first kappa shape index (κ1) is 22.3. The summed E-state index contributed by atoms with van der Waals surface area (Å²) in [6, 6.07) is 11.5. The van der Waals surface area contributed by atoms with Crippen molar-refractivity contribution in [3.63, 3.8) is 0 Å². The van der Waals surface area contributed by atoms with Crippen LogP contribution in [0, 0.1) is 6.92 Å². The summed E-state index contributed by atoms with van der Waals surface area (Å²) >= 11 is 2.84. The number of aromatic nitrogens is 4. The van der Waals surface area contributed by atoms with Crippen molar-refractivity contribution in [3.8, 4) is 5.69 Å². The monoisotopic (exact) mass is 467 g/mol. The van der Waals surface area contributed by atoms with E-state index >= 15 is 0 Å². The van der Waals surface area contributed by atoms with E-state index in [1.54, 1.807) is 10.9 Å². The third-order valence-electron chi connectivity index (χ3n) is 4.83. The zero-order valence-corrected chi connectivity index (χ0v) is 20.1. The van der Waals surface area contributed by atoms with Gasteiger partial charge in [0.25, 0.3) is 5.56 Å². The van der Waals surface area contributed by atoms with Crippen molar-refractivity contribution in [1.29, 1.82) is 0 Å². The number of carbonyl (C=O) groups excluding carboxylic acids is 1. The molecule has 4 aromatic rings. The van der Waals surface area contributed by atoms with Gasteiger partial charge < -0.3 is 5.32 Å². The predicted octanol–water partition coefficient (Wildman–Crippen LogP) is 4.42. The highest BCUT2D eigenvalue weighted by atomic mass is 32.2. The Kier molecular flexibility index (Phi) is 6.21. The Labute approximate surface area is 194 Å². The standard InChI is InChI=1S/C23H25N5O2S2/c1-15-6-5-7-17(10-15)28-19(12-18(26-28)23(2,3)4)25-20(29)14-31-13-16-11-21(30)27-8-9-32-22(27)24-16/h5-12H,13-14H2,1-4H3,(H,25,29). The maximum absolute atomic E-state index is 12.7. The average Bonchev–Trinajstić information content (AvgIpc) is 3.35. The molecule has 0 aliphatic rings. The van der Waals surface area contributed by atoms with Crippen LogP contribution in [-0.4, -0.2) is 30.8 Å². The van der Waals surface area contributed by atoms with E-state index in [1.807, 2.05) is 42.6 Å². The van der Waals surface area contributed by atoms with E-state index in [9.17, 15) is 9.59 Å². The van der Waals surface area contributed by atoms with Crippen LogP contribution in [0.15, 0.2) is 52.8 Å². The lowest BCUT2D eigenvalue weighted by atomic mass is 9.92. The summed E-state index contributed by atoms with van der Waals surface area (Å²) in [7, 11) is 0. The van der Waals surface area contributed by atoms with E-state index in [4.69, 9.17) is 5.10 Å². The van der Waals surface area contributed by atoms with Gasteiger partial charge in [-0.15, -0.1) is 23.1 Å². The number of fused-ring (bicyclic) bond motifs is 1. The first-order chi connectivity index (χ1) is 15.2. The van der Waals surface area contributed by atoms with Crippen molar-refractivity contribution >= 4 is 39.8 Å². The Morgan fingerprint density at radius 3 is 2.78 bits per heavy atom. The molecule has 166 valence electrons. The molecule has 0 atom stereocenters. The van der Waals surface area contributed by atoms with Crippen molar-refractivity contribution in [1.82, 2.24) is 19.2 Å². The van der Waals surface area contributed by atoms with Crippen LogP contribution >= 0.6 is 23.1 Å². The molecule has 0 spiro atoms. The summed E-state index contributed by atoms with van der Waals surface area (Å²) < 4.78 is 3.30. The quantitative estimate of drug-likeness (QED) is 0.454. The van der Waals surface area contributed by atoms with Crippen LogP contribution in [-0.2, 0) is 16.0 Å². The largest absolute Gasteiger partial charge is 0.310 e. The summed E-state index contributed by atoms with van der Waals surface area (Å²) in [5, 5.41) is 9.59. The highest BCUT2D eigenvalue weighted by molar-refractivity contribution is 7.99. The molecule has 3 heterocycles. The van der Waals surface area contributed by atoms with Gasteiger partial charge in [-0.3, -0.25) is 14.0 Å². The number of hydrogen-bond donors (Lipinski definition) is 1. The topological polar surface area (TPSA) is 81.3 Å². The van der Waals surface area contributed by atoms with Gasteiger partial charge in [0.15, 0.2) is 4.96 Å². The molecule has 3 aromatic heterocycles. The molecular weight excluding hydrogens is 442 g/mol. The third-order valence-corrected chi connectivity index (χ3v) is 6.55. The highest BCUT2D eigenvalue weighted by Crippen LogP contribution is 2.27. The third kappa shape index (κ3) is 4.94. The molecule has 1 N–H and O–H groups in total. The molecule has 32 heavy (non-hydrogen) atoms. The van der Waals surface area contributed by atoms with E-state index in [0.717, 1.165) is 16.9 Å². The average molecular weight is 468 g/mol. The second-order valence-electron chi connectivity index (χ2n) is 8.60. The lowest BCUT2D eigenvalue weighted by molar-refractivity contribution is -0.113. The minimum absolute atomic E-state index is 0.104. The van der Waals surface area contributed by atoms with Gasteiger partial charge in [-0.25, -0.2) is 9.67 Å². The highest BCUT2D eigenvalue weighted by Gasteiger charge is 2.21. The van der Waals surface area contributed by atoms with E-state index in [-0.39, 0.29) is 22.6 Å². The molecule has 0 saturated carbocycles. The van der Waals surface area contributed by atoms with Gasteiger partial charge in [0.2, 0.25) is 5.91 Å². The Hall–Kier alpha value is -2.91. The number of rotatable bonds is 6. The molecule has 0 fully saturated rings. The number of thiazole rings is 1. The maximum atomic E-state index is 12.7.